The van der Waals surface area contributed by atoms with Crippen molar-refractivity contribution in [3.63, 3.8) is 0 Å². The van der Waals surface area contributed by atoms with Crippen LogP contribution in [0.2, 0.25) is 0 Å². The van der Waals surface area contributed by atoms with E-state index >= 15 is 0 Å². The van der Waals surface area contributed by atoms with Crippen molar-refractivity contribution in [1.82, 2.24) is 20.9 Å². The predicted octanol–water partition coefficient (Wildman–Crippen LogP) is 2.45. The number of benzene rings is 2. The van der Waals surface area contributed by atoms with Crippen LogP contribution >= 0.6 is 0 Å². The van der Waals surface area contributed by atoms with Gasteiger partial charge in [0.25, 0.3) is 5.91 Å². The topological polar surface area (TPSA) is 68.8 Å². The van der Waals surface area contributed by atoms with Crippen molar-refractivity contribution in [3.8, 4) is 0 Å². The van der Waals surface area contributed by atoms with Crippen molar-refractivity contribution < 1.29 is 4.79 Å². The second-order valence-electron chi connectivity index (χ2n) is 7.07. The Morgan fingerprint density at radius 1 is 1.07 bits per heavy atom. The molecule has 1 amide bonds. The summed E-state index contributed by atoms with van der Waals surface area (Å²) in [6, 6.07) is 18.4. The van der Waals surface area contributed by atoms with E-state index in [1.54, 1.807) is 7.05 Å². The smallest absolute Gasteiger partial charge is 0.251 e. The van der Waals surface area contributed by atoms with Gasteiger partial charge in [-0.2, -0.15) is 0 Å². The largest absolute Gasteiger partial charge is 0.357 e. The highest BCUT2D eigenvalue weighted by Crippen LogP contribution is 2.17. The van der Waals surface area contributed by atoms with E-state index in [0.717, 1.165) is 31.0 Å². The molecule has 0 saturated heterocycles. The van der Waals surface area contributed by atoms with Crippen molar-refractivity contribution in [2.45, 2.75) is 19.4 Å². The van der Waals surface area contributed by atoms with Crippen LogP contribution in [-0.4, -0.2) is 57.5 Å². The number of likely N-dealkylation sites (N-methyl/N-ethyl adjacent to an activating group) is 1. The summed E-state index contributed by atoms with van der Waals surface area (Å²) < 4.78 is 0. The lowest BCUT2D eigenvalue weighted by Gasteiger charge is -2.23. The molecule has 0 aliphatic carbocycles. The average molecular weight is 396 g/mol. The molecule has 0 bridgehead atoms. The summed E-state index contributed by atoms with van der Waals surface area (Å²) in [6.07, 6.45) is 0.811. The number of hydrogen-bond acceptors (Lipinski definition) is 3. The van der Waals surface area contributed by atoms with Gasteiger partial charge in [0.1, 0.15) is 0 Å². The van der Waals surface area contributed by atoms with E-state index < -0.39 is 0 Å². The van der Waals surface area contributed by atoms with E-state index in [2.05, 4.69) is 66.1 Å². The first kappa shape index (κ1) is 22.4. The second-order valence-corrected chi connectivity index (χ2v) is 7.07. The Hall–Kier alpha value is -2.86. The van der Waals surface area contributed by atoms with Gasteiger partial charge in [0.2, 0.25) is 0 Å². The maximum Gasteiger partial charge on any atom is 0.251 e. The van der Waals surface area contributed by atoms with E-state index in [0.29, 0.717) is 12.1 Å². The van der Waals surface area contributed by atoms with Crippen LogP contribution in [0.4, 0.5) is 0 Å². The van der Waals surface area contributed by atoms with Crippen molar-refractivity contribution in [1.29, 1.82) is 0 Å². The van der Waals surface area contributed by atoms with Gasteiger partial charge in [0.15, 0.2) is 5.96 Å². The summed E-state index contributed by atoms with van der Waals surface area (Å²) >= 11 is 0. The second kappa shape index (κ2) is 11.9. The van der Waals surface area contributed by atoms with Crippen molar-refractivity contribution in [2.75, 3.05) is 40.8 Å². The van der Waals surface area contributed by atoms with Crippen LogP contribution in [0, 0.1) is 0 Å². The molecule has 1 atom stereocenters. The van der Waals surface area contributed by atoms with E-state index in [4.69, 9.17) is 4.99 Å². The first-order chi connectivity index (χ1) is 14.0. The highest BCUT2D eigenvalue weighted by atomic mass is 16.1. The normalized spacial score (nSPS) is 12.5. The van der Waals surface area contributed by atoms with Crippen LogP contribution < -0.4 is 16.0 Å². The number of nitrogens with one attached hydrogen (secondary N) is 3. The molecule has 0 aliphatic heterocycles. The molecule has 0 fully saturated rings. The molecule has 1 unspecified atom stereocenters. The highest BCUT2D eigenvalue weighted by molar-refractivity contribution is 5.94. The number of guanidine groups is 1. The van der Waals surface area contributed by atoms with Crippen LogP contribution in [0.3, 0.4) is 0 Å². The molecule has 0 aliphatic rings. The van der Waals surface area contributed by atoms with Gasteiger partial charge in [-0.05, 0) is 50.7 Å². The summed E-state index contributed by atoms with van der Waals surface area (Å²) in [6.45, 7) is 4.26. The monoisotopic (exact) mass is 395 g/mol. The summed E-state index contributed by atoms with van der Waals surface area (Å²) in [5.41, 5.74) is 3.05. The third kappa shape index (κ3) is 7.23. The number of nitrogens with zero attached hydrogens (tertiary/aromatic N) is 2. The SMILES string of the molecule is CCNC(=NCC(c1ccccc1)N(C)C)NCCc1cccc(C(=O)NC)c1. The van der Waals surface area contributed by atoms with Crippen LogP contribution in [0.5, 0.6) is 0 Å². The first-order valence-electron chi connectivity index (χ1n) is 10.1. The van der Waals surface area contributed by atoms with E-state index in [1.165, 1.54) is 5.56 Å². The average Bonchev–Trinajstić information content (AvgIpc) is 2.74. The molecule has 6 heteroatoms. The van der Waals surface area contributed by atoms with Gasteiger partial charge in [-0.15, -0.1) is 0 Å². The Kier molecular flexibility index (Phi) is 9.18. The molecule has 0 aromatic heterocycles. The summed E-state index contributed by atoms with van der Waals surface area (Å²) in [5.74, 6) is 0.739. The fourth-order valence-electron chi connectivity index (χ4n) is 3.10. The Morgan fingerprint density at radius 2 is 1.83 bits per heavy atom. The molecule has 2 aromatic rings. The first-order valence-corrected chi connectivity index (χ1v) is 10.1. The van der Waals surface area contributed by atoms with Gasteiger partial charge in [-0.3, -0.25) is 9.79 Å². The molecule has 0 radical (unpaired) electrons. The molecule has 2 aromatic carbocycles. The molecule has 0 saturated carbocycles. The zero-order valence-electron chi connectivity index (χ0n) is 17.9. The minimum absolute atomic E-state index is 0.0645. The number of amides is 1. The van der Waals surface area contributed by atoms with Crippen LogP contribution in [-0.2, 0) is 6.42 Å². The predicted molar refractivity (Wildman–Crippen MR) is 120 cm³/mol. The fraction of sp³-hybridized carbons (Fsp3) is 0.391. The molecule has 2 rings (SSSR count). The molecule has 6 nitrogen and oxygen atoms in total. The zero-order valence-corrected chi connectivity index (χ0v) is 17.9. The van der Waals surface area contributed by atoms with Gasteiger partial charge < -0.3 is 20.9 Å². The Balaban J connectivity index is 1.97. The Labute approximate surface area is 174 Å². The quantitative estimate of drug-likeness (QED) is 0.451. The van der Waals surface area contributed by atoms with Crippen LogP contribution in [0.1, 0.15) is 34.5 Å². The van der Waals surface area contributed by atoms with Crippen molar-refractivity contribution in [2.24, 2.45) is 4.99 Å². The minimum Gasteiger partial charge on any atom is -0.357 e. The molecular weight excluding hydrogens is 362 g/mol. The van der Waals surface area contributed by atoms with Crippen LogP contribution in [0.15, 0.2) is 59.6 Å². The number of carbonyl (C=O) groups excluding carboxylic acids is 1. The third-order valence-electron chi connectivity index (χ3n) is 4.70. The van der Waals surface area contributed by atoms with E-state index in [1.807, 2.05) is 30.3 Å². The lowest BCUT2D eigenvalue weighted by atomic mass is 10.1. The molecule has 0 spiro atoms. The number of rotatable bonds is 9. The summed E-state index contributed by atoms with van der Waals surface area (Å²) in [7, 11) is 5.80. The lowest BCUT2D eigenvalue weighted by molar-refractivity contribution is 0.0963. The Bertz CT molecular complexity index is 789. The molecule has 3 N–H and O–H groups in total. The molecular formula is C23H33N5O. The van der Waals surface area contributed by atoms with Crippen molar-refractivity contribution >= 4 is 11.9 Å². The number of aliphatic imine (C=N–C) groups is 1. The molecule has 0 heterocycles. The van der Waals surface area contributed by atoms with Gasteiger partial charge >= 0.3 is 0 Å². The van der Waals surface area contributed by atoms with Crippen LogP contribution in [0.25, 0.3) is 0 Å². The highest BCUT2D eigenvalue weighted by Gasteiger charge is 2.13. The Morgan fingerprint density at radius 3 is 2.48 bits per heavy atom. The molecule has 29 heavy (non-hydrogen) atoms. The van der Waals surface area contributed by atoms with Gasteiger partial charge in [0, 0.05) is 25.7 Å². The standard InChI is InChI=1S/C23H33N5O/c1-5-25-23(27-17-21(28(3)4)19-11-7-6-8-12-19)26-15-14-18-10-9-13-20(16-18)22(29)24-2/h6-13,16,21H,5,14-15,17H2,1-4H3,(H,24,29)(H2,25,26,27). The van der Waals surface area contributed by atoms with Gasteiger partial charge in [-0.1, -0.05) is 42.5 Å². The zero-order chi connectivity index (χ0) is 21.1. The van der Waals surface area contributed by atoms with Gasteiger partial charge in [-0.25, -0.2) is 0 Å². The number of carbonyl (C=O) groups is 1. The minimum atomic E-state index is -0.0645. The third-order valence-corrected chi connectivity index (χ3v) is 4.70. The lowest BCUT2D eigenvalue weighted by Crippen LogP contribution is -2.39. The fourth-order valence-corrected chi connectivity index (χ4v) is 3.10. The molecule has 156 valence electrons. The van der Waals surface area contributed by atoms with E-state index in [9.17, 15) is 4.79 Å². The van der Waals surface area contributed by atoms with Crippen molar-refractivity contribution in [3.05, 3.63) is 71.3 Å². The maximum atomic E-state index is 11.8. The maximum absolute atomic E-state index is 11.8. The van der Waals surface area contributed by atoms with Gasteiger partial charge in [0.05, 0.1) is 12.6 Å². The number of hydrogen-bond donors (Lipinski definition) is 3. The summed E-state index contributed by atoms with van der Waals surface area (Å²) in [4.78, 5) is 18.8. The summed E-state index contributed by atoms with van der Waals surface area (Å²) in [5, 5.41) is 9.37. The van der Waals surface area contributed by atoms with E-state index in [-0.39, 0.29) is 11.9 Å².